The lowest BCUT2D eigenvalue weighted by Gasteiger charge is -2.18. The molecule has 1 unspecified atom stereocenters. The Morgan fingerprint density at radius 3 is 2.20 bits per heavy atom. The summed E-state index contributed by atoms with van der Waals surface area (Å²) in [5, 5.41) is 0.795. The van der Waals surface area contributed by atoms with Gasteiger partial charge in [0, 0.05) is 10.7 Å². The second-order valence-electron chi connectivity index (χ2n) is 4.46. The van der Waals surface area contributed by atoms with Crippen molar-refractivity contribution in [3.8, 4) is 0 Å². The van der Waals surface area contributed by atoms with E-state index in [2.05, 4.69) is 27.7 Å². The summed E-state index contributed by atoms with van der Waals surface area (Å²) in [6.07, 6.45) is 1.09. The lowest BCUT2D eigenvalue weighted by molar-refractivity contribution is 0.732. The highest BCUT2D eigenvalue weighted by atomic mass is 35.5. The van der Waals surface area contributed by atoms with Crippen LogP contribution in [0.5, 0.6) is 0 Å². The maximum atomic E-state index is 6.17. The van der Waals surface area contributed by atoms with Crippen LogP contribution in [0.4, 0.5) is 5.69 Å². The van der Waals surface area contributed by atoms with Crippen LogP contribution in [-0.4, -0.2) is 0 Å². The molecule has 15 heavy (non-hydrogen) atoms. The van der Waals surface area contributed by atoms with Crippen molar-refractivity contribution >= 4 is 17.3 Å². The average molecular weight is 226 g/mol. The van der Waals surface area contributed by atoms with Gasteiger partial charge in [0.1, 0.15) is 0 Å². The summed E-state index contributed by atoms with van der Waals surface area (Å²) in [4.78, 5) is 0. The predicted molar refractivity (Wildman–Crippen MR) is 68.7 cm³/mol. The van der Waals surface area contributed by atoms with Crippen molar-refractivity contribution < 1.29 is 0 Å². The van der Waals surface area contributed by atoms with Crippen molar-refractivity contribution in [3.05, 3.63) is 28.3 Å². The Morgan fingerprint density at radius 1 is 1.20 bits per heavy atom. The Kier molecular flexibility index (Phi) is 4.04. The number of nitrogens with two attached hydrogens (primary N) is 1. The first-order valence-electron chi connectivity index (χ1n) is 5.56. The van der Waals surface area contributed by atoms with Crippen LogP contribution in [0.25, 0.3) is 0 Å². The van der Waals surface area contributed by atoms with Crippen LogP contribution in [0.1, 0.15) is 57.1 Å². The van der Waals surface area contributed by atoms with Crippen molar-refractivity contribution in [1.29, 1.82) is 0 Å². The third-order valence-electron chi connectivity index (χ3n) is 2.97. The molecule has 1 atom stereocenters. The maximum Gasteiger partial charge on any atom is 0.0413 e. The fourth-order valence-electron chi connectivity index (χ4n) is 1.77. The van der Waals surface area contributed by atoms with E-state index in [4.69, 9.17) is 17.3 Å². The molecule has 0 amide bonds. The summed E-state index contributed by atoms with van der Waals surface area (Å²) in [5.74, 6) is 0.896. The predicted octanol–water partition coefficient (Wildman–Crippen LogP) is 4.56. The third-order valence-corrected chi connectivity index (χ3v) is 3.19. The quantitative estimate of drug-likeness (QED) is 0.750. The van der Waals surface area contributed by atoms with Crippen LogP contribution in [-0.2, 0) is 0 Å². The number of halogens is 1. The molecule has 0 aliphatic heterocycles. The number of nitrogen functional groups attached to an aromatic ring is 1. The first-order chi connectivity index (χ1) is 6.97. The Bertz CT molecular complexity index is 345. The average Bonchev–Trinajstić information content (AvgIpc) is 2.19. The number of benzene rings is 1. The van der Waals surface area contributed by atoms with Gasteiger partial charge in [0.25, 0.3) is 0 Å². The Balaban J connectivity index is 3.28. The van der Waals surface area contributed by atoms with Gasteiger partial charge >= 0.3 is 0 Å². The zero-order valence-electron chi connectivity index (χ0n) is 9.97. The fraction of sp³-hybridized carbons (Fsp3) is 0.538. The van der Waals surface area contributed by atoms with Crippen molar-refractivity contribution in [2.45, 2.75) is 46.0 Å². The molecule has 1 rings (SSSR count). The number of rotatable bonds is 3. The molecule has 0 saturated carbocycles. The maximum absolute atomic E-state index is 6.17. The number of hydrogen-bond acceptors (Lipinski definition) is 1. The van der Waals surface area contributed by atoms with Crippen LogP contribution in [0, 0.1) is 0 Å². The van der Waals surface area contributed by atoms with E-state index in [1.807, 2.05) is 12.1 Å². The van der Waals surface area contributed by atoms with Gasteiger partial charge in [0.05, 0.1) is 0 Å². The van der Waals surface area contributed by atoms with Gasteiger partial charge in [0.2, 0.25) is 0 Å². The molecule has 0 aromatic heterocycles. The van der Waals surface area contributed by atoms with Crippen LogP contribution in [0.2, 0.25) is 5.02 Å². The minimum atomic E-state index is 0.423. The molecule has 1 aromatic carbocycles. The first-order valence-corrected chi connectivity index (χ1v) is 5.94. The summed E-state index contributed by atoms with van der Waals surface area (Å²) >= 11 is 6.11. The smallest absolute Gasteiger partial charge is 0.0413 e. The van der Waals surface area contributed by atoms with Gasteiger partial charge in [-0.1, -0.05) is 39.3 Å². The Morgan fingerprint density at radius 2 is 1.73 bits per heavy atom. The fourth-order valence-corrected chi connectivity index (χ4v) is 2.00. The van der Waals surface area contributed by atoms with E-state index >= 15 is 0 Å². The second-order valence-corrected chi connectivity index (χ2v) is 4.90. The largest absolute Gasteiger partial charge is 0.398 e. The van der Waals surface area contributed by atoms with Crippen LogP contribution in [0.15, 0.2) is 12.1 Å². The highest BCUT2D eigenvalue weighted by molar-refractivity contribution is 6.30. The summed E-state index contributed by atoms with van der Waals surface area (Å²) in [6, 6.07) is 3.98. The molecule has 0 bridgehead atoms. The van der Waals surface area contributed by atoms with Crippen molar-refractivity contribution in [1.82, 2.24) is 0 Å². The molecule has 2 heteroatoms. The van der Waals surface area contributed by atoms with Gasteiger partial charge < -0.3 is 5.73 Å². The molecule has 84 valence electrons. The molecular formula is C13H20ClN. The molecule has 0 spiro atoms. The van der Waals surface area contributed by atoms with Gasteiger partial charge in [-0.15, -0.1) is 0 Å². The number of hydrogen-bond donors (Lipinski definition) is 1. The van der Waals surface area contributed by atoms with E-state index in [0.29, 0.717) is 11.8 Å². The molecule has 0 aliphatic rings. The lowest BCUT2D eigenvalue weighted by Crippen LogP contribution is -2.04. The van der Waals surface area contributed by atoms with Crippen molar-refractivity contribution in [2.75, 3.05) is 5.73 Å². The van der Waals surface area contributed by atoms with Gasteiger partial charge in [-0.3, -0.25) is 0 Å². The lowest BCUT2D eigenvalue weighted by atomic mass is 9.91. The minimum absolute atomic E-state index is 0.423. The first kappa shape index (κ1) is 12.4. The Hall–Kier alpha value is -0.690. The van der Waals surface area contributed by atoms with E-state index in [-0.39, 0.29) is 0 Å². The van der Waals surface area contributed by atoms with E-state index in [0.717, 1.165) is 22.7 Å². The van der Waals surface area contributed by atoms with Gasteiger partial charge in [-0.25, -0.2) is 0 Å². The molecule has 0 radical (unpaired) electrons. The zero-order chi connectivity index (χ0) is 11.6. The Labute approximate surface area is 97.6 Å². The molecule has 0 aliphatic carbocycles. The minimum Gasteiger partial charge on any atom is -0.398 e. The molecule has 2 N–H and O–H groups in total. The molecule has 0 heterocycles. The highest BCUT2D eigenvalue weighted by Crippen LogP contribution is 2.34. The molecular weight excluding hydrogens is 206 g/mol. The third kappa shape index (κ3) is 2.66. The number of anilines is 1. The van der Waals surface area contributed by atoms with E-state index in [1.165, 1.54) is 5.56 Å². The highest BCUT2D eigenvalue weighted by Gasteiger charge is 2.13. The topological polar surface area (TPSA) is 26.0 Å². The van der Waals surface area contributed by atoms with Gasteiger partial charge in [0.15, 0.2) is 0 Å². The summed E-state index contributed by atoms with van der Waals surface area (Å²) in [6.45, 7) is 8.64. The molecule has 0 fully saturated rings. The summed E-state index contributed by atoms with van der Waals surface area (Å²) < 4.78 is 0. The van der Waals surface area contributed by atoms with E-state index in [1.54, 1.807) is 0 Å². The van der Waals surface area contributed by atoms with Gasteiger partial charge in [-0.05, 0) is 41.5 Å². The van der Waals surface area contributed by atoms with Crippen LogP contribution < -0.4 is 5.73 Å². The van der Waals surface area contributed by atoms with E-state index in [9.17, 15) is 0 Å². The van der Waals surface area contributed by atoms with Crippen LogP contribution >= 0.6 is 11.6 Å². The molecule has 0 saturated heterocycles. The summed E-state index contributed by atoms with van der Waals surface area (Å²) in [7, 11) is 0. The van der Waals surface area contributed by atoms with Gasteiger partial charge in [-0.2, -0.15) is 0 Å². The molecule has 1 nitrogen and oxygen atoms in total. The van der Waals surface area contributed by atoms with Crippen molar-refractivity contribution in [2.24, 2.45) is 0 Å². The van der Waals surface area contributed by atoms with Crippen molar-refractivity contribution in [3.63, 3.8) is 0 Å². The second kappa shape index (κ2) is 4.89. The monoisotopic (exact) mass is 225 g/mol. The SMILES string of the molecule is CCC(C)c1cc(Cl)cc(C(C)C)c1N. The zero-order valence-corrected chi connectivity index (χ0v) is 10.7. The standard InChI is InChI=1S/C13H20ClN/c1-5-9(4)12-7-10(14)6-11(8(2)3)13(12)15/h6-9H,5,15H2,1-4H3. The normalized spacial score (nSPS) is 13.2. The van der Waals surface area contributed by atoms with E-state index < -0.39 is 0 Å². The molecule has 1 aromatic rings. The summed E-state index contributed by atoms with van der Waals surface area (Å²) in [5.41, 5.74) is 9.44. The van der Waals surface area contributed by atoms with Crippen LogP contribution in [0.3, 0.4) is 0 Å².